The first-order valence-corrected chi connectivity index (χ1v) is 3.68. The fourth-order valence-electron chi connectivity index (χ4n) is 1.01. The standard InChI is InChI=1S/C7H5N3O5/c11-8-7(10(14)15)5-3-1-2-4-6(5)9(12)13/h1-4,11H. The first-order chi connectivity index (χ1) is 7.07. The third kappa shape index (κ3) is 2.05. The zero-order chi connectivity index (χ0) is 11.4. The summed E-state index contributed by atoms with van der Waals surface area (Å²) in [6, 6.07) is 4.95. The molecule has 0 spiro atoms. The Balaban J connectivity index is 3.36. The van der Waals surface area contributed by atoms with Gasteiger partial charge in [-0.05, 0) is 11.0 Å². The molecule has 0 aromatic heterocycles. The van der Waals surface area contributed by atoms with Crippen molar-refractivity contribution < 1.29 is 15.1 Å². The van der Waals surface area contributed by atoms with Crippen LogP contribution in [0.1, 0.15) is 5.56 Å². The molecule has 78 valence electrons. The second kappa shape index (κ2) is 4.13. The molecule has 0 aliphatic heterocycles. The predicted molar refractivity (Wildman–Crippen MR) is 48.4 cm³/mol. The molecule has 0 aliphatic carbocycles. The summed E-state index contributed by atoms with van der Waals surface area (Å²) >= 11 is 0. The summed E-state index contributed by atoms with van der Waals surface area (Å²) in [5.74, 6) is -0.956. The maximum atomic E-state index is 10.5. The summed E-state index contributed by atoms with van der Waals surface area (Å²) in [5, 5.41) is 31.7. The Hall–Kier alpha value is -2.51. The van der Waals surface area contributed by atoms with Crippen LogP contribution in [0, 0.1) is 20.2 Å². The Labute approximate surface area is 82.7 Å². The molecule has 0 saturated carbocycles. The Morgan fingerprint density at radius 1 is 1.27 bits per heavy atom. The molecule has 0 atom stereocenters. The van der Waals surface area contributed by atoms with Crippen molar-refractivity contribution in [3.63, 3.8) is 0 Å². The van der Waals surface area contributed by atoms with E-state index in [1.807, 2.05) is 0 Å². The van der Waals surface area contributed by atoms with Gasteiger partial charge in [0.2, 0.25) is 0 Å². The van der Waals surface area contributed by atoms with Crippen molar-refractivity contribution in [3.8, 4) is 0 Å². The molecule has 0 amide bonds. The van der Waals surface area contributed by atoms with Crippen LogP contribution in [0.2, 0.25) is 0 Å². The maximum absolute atomic E-state index is 10.5. The van der Waals surface area contributed by atoms with Crippen LogP contribution in [-0.2, 0) is 0 Å². The van der Waals surface area contributed by atoms with Gasteiger partial charge in [-0.2, -0.15) is 0 Å². The van der Waals surface area contributed by atoms with Crippen molar-refractivity contribution in [2.24, 2.45) is 5.16 Å². The van der Waals surface area contributed by atoms with Gasteiger partial charge in [-0.25, -0.2) is 0 Å². The van der Waals surface area contributed by atoms with Gasteiger partial charge >= 0.3 is 5.84 Å². The summed E-state index contributed by atoms with van der Waals surface area (Å²) in [6.45, 7) is 0. The molecule has 1 aromatic carbocycles. The lowest BCUT2D eigenvalue weighted by atomic mass is 10.1. The van der Waals surface area contributed by atoms with E-state index in [2.05, 4.69) is 5.16 Å². The third-order valence-corrected chi connectivity index (χ3v) is 1.61. The highest BCUT2D eigenvalue weighted by atomic mass is 16.6. The van der Waals surface area contributed by atoms with Crippen molar-refractivity contribution in [1.82, 2.24) is 0 Å². The van der Waals surface area contributed by atoms with Gasteiger partial charge in [-0.15, -0.1) is 0 Å². The summed E-state index contributed by atoms with van der Waals surface area (Å²) in [7, 11) is 0. The highest BCUT2D eigenvalue weighted by Crippen LogP contribution is 2.18. The number of amidine groups is 1. The van der Waals surface area contributed by atoms with Crippen LogP contribution in [-0.4, -0.2) is 20.9 Å². The molecule has 0 saturated heterocycles. The number of nitrogens with zero attached hydrogens (tertiary/aromatic N) is 3. The summed E-state index contributed by atoms with van der Waals surface area (Å²) < 4.78 is 0. The highest BCUT2D eigenvalue weighted by Gasteiger charge is 2.26. The number of hydrogen-bond acceptors (Lipinski definition) is 6. The molecule has 15 heavy (non-hydrogen) atoms. The molecule has 1 N–H and O–H groups in total. The lowest BCUT2D eigenvalue weighted by molar-refractivity contribution is -0.387. The molecular formula is C7H5N3O5. The summed E-state index contributed by atoms with van der Waals surface area (Å²) in [6.07, 6.45) is 0. The second-order valence-electron chi connectivity index (χ2n) is 2.45. The Morgan fingerprint density at radius 3 is 2.33 bits per heavy atom. The highest BCUT2D eigenvalue weighted by molar-refractivity contribution is 5.96. The fourth-order valence-corrected chi connectivity index (χ4v) is 1.01. The van der Waals surface area contributed by atoms with Gasteiger partial charge < -0.3 is 15.3 Å². The lowest BCUT2D eigenvalue weighted by Gasteiger charge is -1.97. The third-order valence-electron chi connectivity index (χ3n) is 1.61. The van der Waals surface area contributed by atoms with Gasteiger partial charge in [-0.1, -0.05) is 12.1 Å². The molecule has 1 rings (SSSR count). The van der Waals surface area contributed by atoms with Crippen molar-refractivity contribution in [3.05, 3.63) is 50.1 Å². The number of benzene rings is 1. The molecule has 0 fully saturated rings. The maximum Gasteiger partial charge on any atom is 0.423 e. The first kappa shape index (κ1) is 10.6. The van der Waals surface area contributed by atoms with Gasteiger partial charge in [0.1, 0.15) is 0 Å². The summed E-state index contributed by atoms with van der Waals surface area (Å²) in [4.78, 5) is 19.1. The molecule has 0 bridgehead atoms. The van der Waals surface area contributed by atoms with Gasteiger partial charge in [0.25, 0.3) is 5.69 Å². The number of rotatable bonds is 2. The largest absolute Gasteiger partial charge is 0.423 e. The normalized spacial score (nSPS) is 11.1. The number of para-hydroxylation sites is 1. The molecule has 0 radical (unpaired) electrons. The Bertz CT molecular complexity index is 442. The zero-order valence-corrected chi connectivity index (χ0v) is 7.23. The smallest absolute Gasteiger partial charge is 0.358 e. The molecular weight excluding hydrogens is 206 g/mol. The van der Waals surface area contributed by atoms with Gasteiger partial charge in [0, 0.05) is 6.07 Å². The van der Waals surface area contributed by atoms with Gasteiger partial charge in [0.15, 0.2) is 10.7 Å². The average Bonchev–Trinajstić information content (AvgIpc) is 2.18. The number of hydrogen-bond donors (Lipinski definition) is 1. The van der Waals surface area contributed by atoms with E-state index in [1.165, 1.54) is 12.1 Å². The van der Waals surface area contributed by atoms with E-state index in [-0.39, 0.29) is 5.56 Å². The first-order valence-electron chi connectivity index (χ1n) is 3.68. The topological polar surface area (TPSA) is 119 Å². The molecule has 0 unspecified atom stereocenters. The molecule has 0 aliphatic rings. The van der Waals surface area contributed by atoms with E-state index in [1.54, 1.807) is 0 Å². The SMILES string of the molecule is O=[N+]([O-])C(=NO)c1ccccc1[N+](=O)[O-]. The quantitative estimate of drug-likeness (QED) is 0.257. The van der Waals surface area contributed by atoms with E-state index >= 15 is 0 Å². The van der Waals surface area contributed by atoms with E-state index in [0.29, 0.717) is 0 Å². The van der Waals surface area contributed by atoms with Crippen molar-refractivity contribution >= 4 is 11.5 Å². The molecule has 0 heterocycles. The average molecular weight is 211 g/mol. The van der Waals surface area contributed by atoms with Crippen LogP contribution in [0.3, 0.4) is 0 Å². The van der Waals surface area contributed by atoms with Crippen LogP contribution in [0.25, 0.3) is 0 Å². The minimum atomic E-state index is -0.998. The van der Waals surface area contributed by atoms with E-state index in [9.17, 15) is 20.2 Å². The Kier molecular flexibility index (Phi) is 2.91. The number of oxime groups is 1. The number of nitro groups is 2. The van der Waals surface area contributed by atoms with Crippen LogP contribution >= 0.6 is 0 Å². The molecule has 8 nitrogen and oxygen atoms in total. The summed E-state index contributed by atoms with van der Waals surface area (Å²) in [5.41, 5.74) is -0.822. The van der Waals surface area contributed by atoms with Crippen LogP contribution in [0.15, 0.2) is 29.4 Å². The van der Waals surface area contributed by atoms with E-state index in [0.717, 1.165) is 12.1 Å². The van der Waals surface area contributed by atoms with Gasteiger partial charge in [0.05, 0.1) is 4.92 Å². The van der Waals surface area contributed by atoms with Crippen molar-refractivity contribution in [1.29, 1.82) is 0 Å². The second-order valence-corrected chi connectivity index (χ2v) is 2.45. The minimum absolute atomic E-state index is 0.338. The predicted octanol–water partition coefficient (Wildman–Crippen LogP) is 1.01. The van der Waals surface area contributed by atoms with Crippen molar-refractivity contribution in [2.45, 2.75) is 0 Å². The zero-order valence-electron chi connectivity index (χ0n) is 7.23. The lowest BCUT2D eigenvalue weighted by Crippen LogP contribution is -2.15. The monoisotopic (exact) mass is 211 g/mol. The van der Waals surface area contributed by atoms with Crippen LogP contribution in [0.5, 0.6) is 0 Å². The minimum Gasteiger partial charge on any atom is -0.358 e. The van der Waals surface area contributed by atoms with E-state index in [4.69, 9.17) is 5.21 Å². The molecule has 1 aromatic rings. The molecule has 8 heteroatoms. The van der Waals surface area contributed by atoms with E-state index < -0.39 is 21.4 Å². The van der Waals surface area contributed by atoms with Crippen molar-refractivity contribution in [2.75, 3.05) is 0 Å². The Morgan fingerprint density at radius 2 is 1.87 bits per heavy atom. The van der Waals surface area contributed by atoms with Crippen LogP contribution < -0.4 is 0 Å². The number of nitro benzene ring substituents is 1. The van der Waals surface area contributed by atoms with Crippen LogP contribution in [0.4, 0.5) is 5.69 Å². The fraction of sp³-hybridized carbons (Fsp3) is 0. The van der Waals surface area contributed by atoms with Gasteiger partial charge in [-0.3, -0.25) is 10.1 Å².